The summed E-state index contributed by atoms with van der Waals surface area (Å²) in [7, 11) is 0. The average molecular weight is 641 g/mol. The molecule has 5 heteroatoms. The highest BCUT2D eigenvalue weighted by Gasteiger charge is 2.21. The van der Waals surface area contributed by atoms with E-state index >= 15 is 0 Å². The van der Waals surface area contributed by atoms with E-state index in [4.69, 9.17) is 19.4 Å². The molecule has 10 rings (SSSR count). The second-order valence-corrected chi connectivity index (χ2v) is 12.5. The summed E-state index contributed by atoms with van der Waals surface area (Å²) in [6, 6.07) is 58.5. The Balaban J connectivity index is 1.30. The lowest BCUT2D eigenvalue weighted by atomic mass is 10.0. The van der Waals surface area contributed by atoms with Crippen molar-refractivity contribution >= 4 is 43.7 Å². The highest BCUT2D eigenvalue weighted by Crippen LogP contribution is 2.41. The first-order chi connectivity index (χ1) is 24.8. The van der Waals surface area contributed by atoms with Crippen LogP contribution < -0.4 is 0 Å². The summed E-state index contributed by atoms with van der Waals surface area (Å²) in [5.74, 6) is 1.84. The molecule has 0 aliphatic rings. The Labute approximate surface area is 287 Å². The van der Waals surface area contributed by atoms with Crippen LogP contribution in [-0.2, 0) is 0 Å². The van der Waals surface area contributed by atoms with Gasteiger partial charge in [0.2, 0.25) is 0 Å². The van der Waals surface area contributed by atoms with E-state index in [2.05, 4.69) is 95.6 Å². The number of hydrogen-bond donors (Lipinski definition) is 0. The Bertz CT molecular complexity index is 2800. The van der Waals surface area contributed by atoms with Crippen LogP contribution in [0.4, 0.5) is 0 Å². The summed E-state index contributed by atoms with van der Waals surface area (Å²) in [5, 5.41) is 4.54. The highest BCUT2D eigenvalue weighted by molar-refractivity contribution is 6.17. The van der Waals surface area contributed by atoms with Gasteiger partial charge in [-0.3, -0.25) is 0 Å². The standard InChI is InChI=1S/C45H28N4O/c1-4-14-29(15-5-1)32-24-25-39(37(26-32)45-47-43(30-16-6-2-7-17-30)46-44(48-45)31-18-8-3-9-19-31)49-38-22-12-10-20-33(38)35-27-36-34-21-11-13-23-41(34)50-42(36)28-40(35)49/h1-28H. The lowest BCUT2D eigenvalue weighted by Crippen LogP contribution is -2.04. The van der Waals surface area contributed by atoms with E-state index < -0.39 is 0 Å². The van der Waals surface area contributed by atoms with Crippen molar-refractivity contribution in [1.82, 2.24) is 19.5 Å². The lowest BCUT2D eigenvalue weighted by molar-refractivity contribution is 0.669. The van der Waals surface area contributed by atoms with E-state index in [9.17, 15) is 0 Å². The normalized spacial score (nSPS) is 11.6. The maximum absolute atomic E-state index is 6.42. The van der Waals surface area contributed by atoms with Crippen LogP contribution in [0.3, 0.4) is 0 Å². The van der Waals surface area contributed by atoms with Crippen molar-refractivity contribution in [3.8, 4) is 51.0 Å². The van der Waals surface area contributed by atoms with Crippen LogP contribution in [-0.4, -0.2) is 19.5 Å². The van der Waals surface area contributed by atoms with Crippen LogP contribution >= 0.6 is 0 Å². The third kappa shape index (κ3) is 4.60. The van der Waals surface area contributed by atoms with Crippen molar-refractivity contribution in [3.63, 3.8) is 0 Å². The molecule has 234 valence electrons. The number of aromatic nitrogens is 4. The fourth-order valence-corrected chi connectivity index (χ4v) is 7.10. The van der Waals surface area contributed by atoms with Crippen LogP contribution in [0.15, 0.2) is 174 Å². The Morgan fingerprint density at radius 1 is 0.360 bits per heavy atom. The molecule has 0 aliphatic carbocycles. The molecule has 3 aromatic heterocycles. The second-order valence-electron chi connectivity index (χ2n) is 12.5. The molecule has 0 unspecified atom stereocenters. The van der Waals surface area contributed by atoms with Gasteiger partial charge in [0.15, 0.2) is 17.5 Å². The first kappa shape index (κ1) is 28.2. The molecule has 3 heterocycles. The number of nitrogens with zero attached hydrogens (tertiary/aromatic N) is 4. The number of rotatable bonds is 5. The fourth-order valence-electron chi connectivity index (χ4n) is 7.10. The minimum Gasteiger partial charge on any atom is -0.456 e. The molecule has 0 bridgehead atoms. The van der Waals surface area contributed by atoms with E-state index in [1.807, 2.05) is 78.9 Å². The summed E-state index contributed by atoms with van der Waals surface area (Å²) in [6.45, 7) is 0. The van der Waals surface area contributed by atoms with Gasteiger partial charge in [-0.25, -0.2) is 15.0 Å². The topological polar surface area (TPSA) is 56.7 Å². The van der Waals surface area contributed by atoms with Gasteiger partial charge in [-0.15, -0.1) is 0 Å². The molecule has 0 saturated heterocycles. The summed E-state index contributed by atoms with van der Waals surface area (Å²) in [6.07, 6.45) is 0. The van der Waals surface area contributed by atoms with Crippen LogP contribution in [0.25, 0.3) is 94.7 Å². The van der Waals surface area contributed by atoms with Crippen LogP contribution in [0.2, 0.25) is 0 Å². The van der Waals surface area contributed by atoms with Crippen LogP contribution in [0.1, 0.15) is 0 Å². The van der Waals surface area contributed by atoms with Gasteiger partial charge in [0, 0.05) is 44.3 Å². The molecule has 0 N–H and O–H groups in total. The zero-order valence-corrected chi connectivity index (χ0v) is 26.9. The quantitative estimate of drug-likeness (QED) is 0.188. The first-order valence-electron chi connectivity index (χ1n) is 16.7. The lowest BCUT2D eigenvalue weighted by Gasteiger charge is -2.16. The number of benzene rings is 7. The molecule has 10 aromatic rings. The van der Waals surface area contributed by atoms with E-state index in [0.29, 0.717) is 17.5 Å². The van der Waals surface area contributed by atoms with Gasteiger partial charge in [0.05, 0.1) is 16.7 Å². The Hall–Kier alpha value is -6.85. The Morgan fingerprint density at radius 2 is 0.940 bits per heavy atom. The summed E-state index contributed by atoms with van der Waals surface area (Å²) in [4.78, 5) is 15.4. The highest BCUT2D eigenvalue weighted by atomic mass is 16.3. The molecular formula is C45H28N4O. The van der Waals surface area contributed by atoms with Gasteiger partial charge in [-0.2, -0.15) is 0 Å². The maximum atomic E-state index is 6.42. The van der Waals surface area contributed by atoms with Crippen LogP contribution in [0, 0.1) is 0 Å². The molecule has 0 amide bonds. The minimum atomic E-state index is 0.598. The van der Waals surface area contributed by atoms with E-state index in [1.54, 1.807) is 0 Å². The van der Waals surface area contributed by atoms with Gasteiger partial charge in [0.25, 0.3) is 0 Å². The number of furan rings is 1. The van der Waals surface area contributed by atoms with Gasteiger partial charge >= 0.3 is 0 Å². The predicted octanol–water partition coefficient (Wildman–Crippen LogP) is 11.5. The molecule has 7 aromatic carbocycles. The molecule has 0 spiro atoms. The Morgan fingerprint density at radius 3 is 1.64 bits per heavy atom. The predicted molar refractivity (Wildman–Crippen MR) is 203 cm³/mol. The zero-order valence-electron chi connectivity index (χ0n) is 26.9. The van der Waals surface area contributed by atoms with Crippen molar-refractivity contribution in [2.45, 2.75) is 0 Å². The molecular weight excluding hydrogens is 613 g/mol. The average Bonchev–Trinajstić information content (AvgIpc) is 3.72. The molecule has 0 atom stereocenters. The second kappa shape index (κ2) is 11.4. The molecule has 5 nitrogen and oxygen atoms in total. The smallest absolute Gasteiger partial charge is 0.166 e. The number of fused-ring (bicyclic) bond motifs is 6. The first-order valence-corrected chi connectivity index (χ1v) is 16.7. The molecule has 0 radical (unpaired) electrons. The molecule has 0 aliphatic heterocycles. The summed E-state index contributed by atoms with van der Waals surface area (Å²) in [5.41, 5.74) is 9.79. The van der Waals surface area contributed by atoms with Crippen molar-refractivity contribution in [1.29, 1.82) is 0 Å². The third-order valence-electron chi connectivity index (χ3n) is 9.46. The van der Waals surface area contributed by atoms with Gasteiger partial charge in [-0.1, -0.05) is 133 Å². The molecule has 0 fully saturated rings. The third-order valence-corrected chi connectivity index (χ3v) is 9.46. The minimum absolute atomic E-state index is 0.598. The largest absolute Gasteiger partial charge is 0.456 e. The van der Waals surface area contributed by atoms with Crippen molar-refractivity contribution in [3.05, 3.63) is 170 Å². The number of hydrogen-bond acceptors (Lipinski definition) is 4. The van der Waals surface area contributed by atoms with E-state index in [-0.39, 0.29) is 0 Å². The maximum Gasteiger partial charge on any atom is 0.166 e. The summed E-state index contributed by atoms with van der Waals surface area (Å²) >= 11 is 0. The van der Waals surface area contributed by atoms with Gasteiger partial charge < -0.3 is 8.98 Å². The van der Waals surface area contributed by atoms with Crippen molar-refractivity contribution in [2.75, 3.05) is 0 Å². The van der Waals surface area contributed by atoms with E-state index in [1.165, 1.54) is 5.39 Å². The van der Waals surface area contributed by atoms with Gasteiger partial charge in [-0.05, 0) is 41.5 Å². The number of para-hydroxylation sites is 2. The monoisotopic (exact) mass is 640 g/mol. The fraction of sp³-hybridized carbons (Fsp3) is 0. The van der Waals surface area contributed by atoms with Crippen LogP contribution in [0.5, 0.6) is 0 Å². The SMILES string of the molecule is c1ccc(-c2ccc(-n3c4ccccc4c4cc5c(cc43)oc3ccccc35)c(-c3nc(-c4ccccc4)nc(-c4ccccc4)n3)c2)cc1. The van der Waals surface area contributed by atoms with Crippen molar-refractivity contribution in [2.24, 2.45) is 0 Å². The van der Waals surface area contributed by atoms with Crippen molar-refractivity contribution < 1.29 is 4.42 Å². The van der Waals surface area contributed by atoms with E-state index in [0.717, 1.165) is 71.9 Å². The molecule has 50 heavy (non-hydrogen) atoms. The van der Waals surface area contributed by atoms with Gasteiger partial charge in [0.1, 0.15) is 11.2 Å². The Kier molecular flexibility index (Phi) is 6.42. The molecule has 0 saturated carbocycles. The zero-order chi connectivity index (χ0) is 33.0. The summed E-state index contributed by atoms with van der Waals surface area (Å²) < 4.78 is 8.75.